The second kappa shape index (κ2) is 10.4. The molecule has 0 bridgehead atoms. The second-order valence-corrected chi connectivity index (χ2v) is 9.46. The number of carbonyl (C=O) groups excluding carboxylic acids is 1. The molecule has 0 unspecified atom stereocenters. The van der Waals surface area contributed by atoms with Crippen LogP contribution in [0.2, 0.25) is 0 Å². The lowest BCUT2D eigenvalue weighted by atomic mass is 9.80. The summed E-state index contributed by atoms with van der Waals surface area (Å²) in [6, 6.07) is 10.8. The number of amides is 1. The highest BCUT2D eigenvalue weighted by Crippen LogP contribution is 2.44. The van der Waals surface area contributed by atoms with Crippen LogP contribution in [0, 0.1) is 11.6 Å². The van der Waals surface area contributed by atoms with Gasteiger partial charge in [-0.15, -0.1) is 0 Å². The van der Waals surface area contributed by atoms with Gasteiger partial charge in [-0.1, -0.05) is 12.1 Å². The molecule has 2 aromatic rings. The van der Waals surface area contributed by atoms with E-state index in [0.29, 0.717) is 44.5 Å². The van der Waals surface area contributed by atoms with Gasteiger partial charge in [0.05, 0.1) is 23.9 Å². The highest BCUT2D eigenvalue weighted by Gasteiger charge is 2.45. The SMILES string of the molecule is CCO[C@H]1C[C@@H](c2ccc(F)cc2)OC2(CCN(C(=O)c3ccc(OC(C)C)c(F)c3)CC2)C1. The van der Waals surface area contributed by atoms with E-state index in [9.17, 15) is 13.6 Å². The maximum atomic E-state index is 14.4. The number of halogens is 2. The standard InChI is InChI=1S/C27H33F2NO4/c1-4-32-22-16-25(19-5-8-21(28)9-6-19)34-27(17-22)11-13-30(14-12-27)26(31)20-7-10-24(23(29)15-20)33-18(2)3/h5-10,15,18,22,25H,4,11-14,16-17H2,1-3H3/t22-,25-/m0/s1. The summed E-state index contributed by atoms with van der Waals surface area (Å²) >= 11 is 0. The molecule has 1 spiro atoms. The predicted octanol–water partition coefficient (Wildman–Crippen LogP) is 5.68. The number of nitrogens with zero attached hydrogens (tertiary/aromatic N) is 1. The molecule has 34 heavy (non-hydrogen) atoms. The molecule has 0 aliphatic carbocycles. The molecule has 5 nitrogen and oxygen atoms in total. The lowest BCUT2D eigenvalue weighted by molar-refractivity contribution is -0.190. The fourth-order valence-electron chi connectivity index (χ4n) is 4.98. The van der Waals surface area contributed by atoms with Crippen molar-refractivity contribution < 1.29 is 27.8 Å². The molecule has 2 heterocycles. The maximum absolute atomic E-state index is 14.4. The van der Waals surface area contributed by atoms with E-state index in [1.54, 1.807) is 23.1 Å². The van der Waals surface area contributed by atoms with Crippen LogP contribution in [0.25, 0.3) is 0 Å². The summed E-state index contributed by atoms with van der Waals surface area (Å²) in [4.78, 5) is 14.8. The molecular formula is C27H33F2NO4. The van der Waals surface area contributed by atoms with E-state index in [2.05, 4.69) is 0 Å². The van der Waals surface area contributed by atoms with Crippen LogP contribution in [-0.2, 0) is 9.47 Å². The maximum Gasteiger partial charge on any atom is 0.253 e. The van der Waals surface area contributed by atoms with Gasteiger partial charge in [0.25, 0.3) is 5.91 Å². The minimum atomic E-state index is -0.537. The number of piperidine rings is 1. The molecule has 1 amide bonds. The Labute approximate surface area is 200 Å². The molecule has 2 atom stereocenters. The van der Waals surface area contributed by atoms with Crippen molar-refractivity contribution in [3.63, 3.8) is 0 Å². The molecule has 4 rings (SSSR count). The molecule has 2 aliphatic rings. The molecule has 2 aromatic carbocycles. The zero-order valence-corrected chi connectivity index (χ0v) is 20.1. The summed E-state index contributed by atoms with van der Waals surface area (Å²) < 4.78 is 45.9. The van der Waals surface area contributed by atoms with Gasteiger partial charge < -0.3 is 19.1 Å². The minimum absolute atomic E-state index is 0.0404. The van der Waals surface area contributed by atoms with Crippen LogP contribution >= 0.6 is 0 Å². The Kier molecular flexibility index (Phi) is 7.53. The molecule has 0 aromatic heterocycles. The van der Waals surface area contributed by atoms with E-state index in [0.717, 1.165) is 12.0 Å². The van der Waals surface area contributed by atoms with E-state index >= 15 is 0 Å². The first-order chi connectivity index (χ1) is 16.3. The normalized spacial score (nSPS) is 22.2. The van der Waals surface area contributed by atoms with Crippen LogP contribution < -0.4 is 4.74 Å². The summed E-state index contributed by atoms with van der Waals surface area (Å²) in [6.45, 7) is 7.27. The monoisotopic (exact) mass is 473 g/mol. The number of ether oxygens (including phenoxy) is 3. The molecule has 0 radical (unpaired) electrons. The van der Waals surface area contributed by atoms with Crippen molar-refractivity contribution in [1.29, 1.82) is 0 Å². The lowest BCUT2D eigenvalue weighted by Gasteiger charge is -2.48. The van der Waals surface area contributed by atoms with Gasteiger partial charge in [-0.3, -0.25) is 4.79 Å². The van der Waals surface area contributed by atoms with E-state index < -0.39 is 11.4 Å². The Balaban J connectivity index is 1.44. The van der Waals surface area contributed by atoms with E-state index in [1.807, 2.05) is 20.8 Å². The molecule has 0 N–H and O–H groups in total. The topological polar surface area (TPSA) is 48.0 Å². The van der Waals surface area contributed by atoms with Gasteiger partial charge in [-0.25, -0.2) is 8.78 Å². The number of carbonyl (C=O) groups is 1. The van der Waals surface area contributed by atoms with Gasteiger partial charge in [-0.2, -0.15) is 0 Å². The van der Waals surface area contributed by atoms with Crippen molar-refractivity contribution in [3.8, 4) is 5.75 Å². The first kappa shape index (κ1) is 24.6. The van der Waals surface area contributed by atoms with Gasteiger partial charge >= 0.3 is 0 Å². The number of rotatable bonds is 6. The summed E-state index contributed by atoms with van der Waals surface area (Å²) in [6.07, 6.45) is 2.51. The largest absolute Gasteiger partial charge is 0.488 e. The summed E-state index contributed by atoms with van der Waals surface area (Å²) in [5.41, 5.74) is 0.835. The van der Waals surface area contributed by atoms with Gasteiger partial charge in [0.15, 0.2) is 11.6 Å². The van der Waals surface area contributed by atoms with Crippen LogP contribution in [0.5, 0.6) is 5.75 Å². The molecular weight excluding hydrogens is 440 g/mol. The molecule has 184 valence electrons. The van der Waals surface area contributed by atoms with E-state index in [1.165, 1.54) is 24.3 Å². The van der Waals surface area contributed by atoms with Crippen molar-refractivity contribution in [1.82, 2.24) is 4.90 Å². The van der Waals surface area contributed by atoms with Crippen LogP contribution in [0.15, 0.2) is 42.5 Å². The van der Waals surface area contributed by atoms with Gasteiger partial charge in [0.2, 0.25) is 0 Å². The number of likely N-dealkylation sites (tertiary alicyclic amines) is 1. The van der Waals surface area contributed by atoms with Crippen molar-refractivity contribution in [2.24, 2.45) is 0 Å². The first-order valence-corrected chi connectivity index (χ1v) is 12.1. The van der Waals surface area contributed by atoms with Crippen LogP contribution in [0.3, 0.4) is 0 Å². The number of hydrogen-bond donors (Lipinski definition) is 0. The molecule has 2 aliphatic heterocycles. The van der Waals surface area contributed by atoms with Gasteiger partial charge in [-0.05, 0) is 69.5 Å². The van der Waals surface area contributed by atoms with E-state index in [4.69, 9.17) is 14.2 Å². The Morgan fingerprint density at radius 1 is 1.15 bits per heavy atom. The lowest BCUT2D eigenvalue weighted by Crippen LogP contribution is -2.52. The van der Waals surface area contributed by atoms with Crippen molar-refractivity contribution >= 4 is 5.91 Å². The quantitative estimate of drug-likeness (QED) is 0.541. The number of benzene rings is 2. The molecule has 7 heteroatoms. The van der Waals surface area contributed by atoms with Crippen molar-refractivity contribution in [3.05, 3.63) is 65.2 Å². The van der Waals surface area contributed by atoms with E-state index in [-0.39, 0.29) is 35.8 Å². The Morgan fingerprint density at radius 3 is 2.47 bits per heavy atom. The average molecular weight is 474 g/mol. The number of hydrogen-bond acceptors (Lipinski definition) is 4. The molecule has 0 saturated carbocycles. The second-order valence-electron chi connectivity index (χ2n) is 9.46. The van der Waals surface area contributed by atoms with Gasteiger partial charge in [0.1, 0.15) is 5.82 Å². The molecule has 2 fully saturated rings. The molecule has 2 saturated heterocycles. The average Bonchev–Trinajstić information content (AvgIpc) is 2.81. The third kappa shape index (κ3) is 5.58. The Morgan fingerprint density at radius 2 is 1.85 bits per heavy atom. The fourth-order valence-corrected chi connectivity index (χ4v) is 4.98. The smallest absolute Gasteiger partial charge is 0.253 e. The Bertz CT molecular complexity index is 987. The third-order valence-corrected chi connectivity index (χ3v) is 6.62. The third-order valence-electron chi connectivity index (χ3n) is 6.62. The first-order valence-electron chi connectivity index (χ1n) is 12.1. The van der Waals surface area contributed by atoms with Gasteiger partial charge in [0, 0.05) is 38.1 Å². The summed E-state index contributed by atoms with van der Waals surface area (Å²) in [7, 11) is 0. The predicted molar refractivity (Wildman–Crippen MR) is 125 cm³/mol. The summed E-state index contributed by atoms with van der Waals surface area (Å²) in [5.74, 6) is -0.862. The highest BCUT2D eigenvalue weighted by atomic mass is 19.1. The Hall–Kier alpha value is -2.51. The fraction of sp³-hybridized carbons (Fsp3) is 0.519. The van der Waals surface area contributed by atoms with Crippen LogP contribution in [0.4, 0.5) is 8.78 Å². The van der Waals surface area contributed by atoms with Crippen molar-refractivity contribution in [2.75, 3.05) is 19.7 Å². The zero-order chi connectivity index (χ0) is 24.3. The van der Waals surface area contributed by atoms with Crippen LogP contribution in [0.1, 0.15) is 68.5 Å². The van der Waals surface area contributed by atoms with Crippen LogP contribution in [-0.4, -0.2) is 48.3 Å². The zero-order valence-electron chi connectivity index (χ0n) is 20.1. The summed E-state index contributed by atoms with van der Waals surface area (Å²) in [5, 5.41) is 0. The highest BCUT2D eigenvalue weighted by molar-refractivity contribution is 5.94. The van der Waals surface area contributed by atoms with Crippen molar-refractivity contribution in [2.45, 2.75) is 70.4 Å². The minimum Gasteiger partial charge on any atom is -0.488 e.